The second kappa shape index (κ2) is 4.48. The van der Waals surface area contributed by atoms with Gasteiger partial charge in [0.2, 0.25) is 15.9 Å². The molecule has 0 aromatic heterocycles. The average molecular weight is 189 g/mol. The Kier molecular flexibility index (Phi) is 5.54. The molecule has 62 valence electrons. The van der Waals surface area contributed by atoms with Crippen LogP contribution in [0.15, 0.2) is 0 Å². The molecule has 0 saturated carbocycles. The van der Waals surface area contributed by atoms with E-state index in [0.29, 0.717) is 0 Å². The lowest BCUT2D eigenvalue weighted by molar-refractivity contribution is -0.117. The third-order valence-corrected chi connectivity index (χ3v) is 1.08. The van der Waals surface area contributed by atoms with Crippen LogP contribution in [0, 0.1) is 0 Å². The molecule has 0 heterocycles. The molecule has 0 aliphatic heterocycles. The van der Waals surface area contributed by atoms with Crippen molar-refractivity contribution in [2.75, 3.05) is 12.8 Å². The third kappa shape index (κ3) is 7.67. The van der Waals surface area contributed by atoms with Crippen molar-refractivity contribution in [3.05, 3.63) is 0 Å². The van der Waals surface area contributed by atoms with Gasteiger partial charge in [-0.05, 0) is 0 Å². The summed E-state index contributed by atoms with van der Waals surface area (Å²) in [6.45, 7) is -0.312. The SMILES string of the molecule is CS(=O)(=O)NC(=O)CN.Cl. The molecule has 0 aliphatic rings. The molecule has 0 radical (unpaired) electrons. The summed E-state index contributed by atoms with van der Waals surface area (Å²) < 4.78 is 22.1. The number of sulfonamides is 1. The van der Waals surface area contributed by atoms with Crippen molar-refractivity contribution in [3.63, 3.8) is 0 Å². The van der Waals surface area contributed by atoms with Crippen LogP contribution in [0.2, 0.25) is 0 Å². The predicted molar refractivity (Wildman–Crippen MR) is 39.3 cm³/mol. The van der Waals surface area contributed by atoms with Gasteiger partial charge in [-0.3, -0.25) is 9.52 Å². The van der Waals surface area contributed by atoms with Gasteiger partial charge in [-0.2, -0.15) is 0 Å². The van der Waals surface area contributed by atoms with Crippen molar-refractivity contribution in [3.8, 4) is 0 Å². The summed E-state index contributed by atoms with van der Waals surface area (Å²) in [4.78, 5) is 10.2. The molecule has 0 aliphatic carbocycles. The number of nitrogens with two attached hydrogens (primary N) is 1. The Morgan fingerprint density at radius 3 is 2.10 bits per heavy atom. The van der Waals surface area contributed by atoms with Crippen LogP contribution >= 0.6 is 12.4 Å². The first kappa shape index (κ1) is 12.4. The van der Waals surface area contributed by atoms with E-state index in [9.17, 15) is 13.2 Å². The molecule has 0 fully saturated rings. The van der Waals surface area contributed by atoms with Gasteiger partial charge in [0.25, 0.3) is 0 Å². The summed E-state index contributed by atoms with van der Waals surface area (Å²) in [6.07, 6.45) is 0.889. The molecule has 0 aromatic rings. The highest BCUT2D eigenvalue weighted by Crippen LogP contribution is 1.70. The smallest absolute Gasteiger partial charge is 0.247 e. The highest BCUT2D eigenvalue weighted by atomic mass is 35.5. The summed E-state index contributed by atoms with van der Waals surface area (Å²) in [7, 11) is -3.41. The number of nitrogens with one attached hydrogen (secondary N) is 1. The van der Waals surface area contributed by atoms with Crippen LogP contribution in [-0.4, -0.2) is 27.1 Å². The van der Waals surface area contributed by atoms with Crippen molar-refractivity contribution < 1.29 is 13.2 Å². The molecule has 3 N–H and O–H groups in total. The maximum absolute atomic E-state index is 10.2. The van der Waals surface area contributed by atoms with Crippen molar-refractivity contribution in [2.45, 2.75) is 0 Å². The Hall–Kier alpha value is -0.330. The predicted octanol–water partition coefficient (Wildman–Crippen LogP) is -1.56. The van der Waals surface area contributed by atoms with Gasteiger partial charge in [0.1, 0.15) is 0 Å². The molecule has 0 spiro atoms. The maximum Gasteiger partial charge on any atom is 0.247 e. The fourth-order valence-corrected chi connectivity index (χ4v) is 0.745. The lowest BCUT2D eigenvalue weighted by Crippen LogP contribution is -2.34. The van der Waals surface area contributed by atoms with Gasteiger partial charge in [-0.15, -0.1) is 12.4 Å². The first-order valence-corrected chi connectivity index (χ1v) is 4.05. The Morgan fingerprint density at radius 2 is 2.00 bits per heavy atom. The molecule has 1 amide bonds. The van der Waals surface area contributed by atoms with E-state index in [4.69, 9.17) is 5.73 Å². The number of hydrogen-bond donors (Lipinski definition) is 2. The first-order valence-electron chi connectivity index (χ1n) is 2.16. The van der Waals surface area contributed by atoms with Crippen molar-refractivity contribution >= 4 is 28.3 Å². The van der Waals surface area contributed by atoms with E-state index in [1.165, 1.54) is 0 Å². The Balaban J connectivity index is 0. The van der Waals surface area contributed by atoms with Crippen molar-refractivity contribution in [2.24, 2.45) is 5.73 Å². The molecule has 0 aromatic carbocycles. The van der Waals surface area contributed by atoms with E-state index in [1.54, 1.807) is 4.72 Å². The van der Waals surface area contributed by atoms with Crippen LogP contribution in [-0.2, 0) is 14.8 Å². The summed E-state index contributed by atoms with van der Waals surface area (Å²) in [5.74, 6) is -0.697. The number of carbonyl (C=O) groups excluding carboxylic acids is 1. The van der Waals surface area contributed by atoms with Crippen molar-refractivity contribution in [1.82, 2.24) is 4.72 Å². The largest absolute Gasteiger partial charge is 0.322 e. The molecular formula is C3H9ClN2O3S. The normalized spacial score (nSPS) is 9.80. The zero-order valence-electron chi connectivity index (χ0n) is 5.33. The summed E-state index contributed by atoms with van der Waals surface area (Å²) in [6, 6.07) is 0. The topological polar surface area (TPSA) is 89.3 Å². The zero-order chi connectivity index (χ0) is 7.49. The molecular weight excluding hydrogens is 180 g/mol. The van der Waals surface area contributed by atoms with Gasteiger partial charge in [-0.1, -0.05) is 0 Å². The standard InChI is InChI=1S/C3H8N2O3S.ClH/c1-9(7,8)5-3(6)2-4;/h2,4H2,1H3,(H,5,6);1H. The molecule has 0 bridgehead atoms. The van der Waals surface area contributed by atoms with E-state index in [1.807, 2.05) is 0 Å². The molecule has 0 saturated heterocycles. The van der Waals surface area contributed by atoms with Crippen molar-refractivity contribution in [1.29, 1.82) is 0 Å². The van der Waals surface area contributed by atoms with Crippen LogP contribution in [0.5, 0.6) is 0 Å². The molecule has 5 nitrogen and oxygen atoms in total. The number of halogens is 1. The monoisotopic (exact) mass is 188 g/mol. The number of carbonyl (C=O) groups is 1. The Bertz CT molecular complexity index is 200. The lowest BCUT2D eigenvalue weighted by Gasteiger charge is -1.96. The van der Waals surface area contributed by atoms with E-state index in [-0.39, 0.29) is 19.0 Å². The molecule has 0 unspecified atom stereocenters. The third-order valence-electron chi connectivity index (χ3n) is 0.485. The Labute approximate surface area is 65.4 Å². The summed E-state index contributed by atoms with van der Waals surface area (Å²) >= 11 is 0. The minimum Gasteiger partial charge on any atom is -0.322 e. The van der Waals surface area contributed by atoms with Gasteiger partial charge < -0.3 is 5.73 Å². The van der Waals surface area contributed by atoms with Crippen LogP contribution in [0.1, 0.15) is 0 Å². The van der Waals surface area contributed by atoms with E-state index < -0.39 is 15.9 Å². The molecule has 7 heteroatoms. The van der Waals surface area contributed by atoms with Crippen LogP contribution in [0.3, 0.4) is 0 Å². The van der Waals surface area contributed by atoms with E-state index in [2.05, 4.69) is 0 Å². The highest BCUT2D eigenvalue weighted by Gasteiger charge is 2.03. The number of rotatable bonds is 2. The number of hydrogen-bond acceptors (Lipinski definition) is 4. The van der Waals surface area contributed by atoms with Crippen LogP contribution in [0.4, 0.5) is 0 Å². The minimum atomic E-state index is -3.41. The second-order valence-corrected chi connectivity index (χ2v) is 3.25. The van der Waals surface area contributed by atoms with E-state index in [0.717, 1.165) is 6.26 Å². The van der Waals surface area contributed by atoms with Crippen LogP contribution < -0.4 is 10.5 Å². The first-order chi connectivity index (χ1) is 3.95. The molecule has 0 atom stereocenters. The van der Waals surface area contributed by atoms with Gasteiger partial charge in [0, 0.05) is 0 Å². The highest BCUT2D eigenvalue weighted by molar-refractivity contribution is 7.89. The van der Waals surface area contributed by atoms with Gasteiger partial charge in [0.05, 0.1) is 12.8 Å². The Morgan fingerprint density at radius 1 is 1.60 bits per heavy atom. The zero-order valence-corrected chi connectivity index (χ0v) is 6.96. The van der Waals surface area contributed by atoms with Crippen LogP contribution in [0.25, 0.3) is 0 Å². The fourth-order valence-electron chi connectivity index (χ4n) is 0.248. The average Bonchev–Trinajstić information content (AvgIpc) is 1.62. The second-order valence-electron chi connectivity index (χ2n) is 1.50. The van der Waals surface area contributed by atoms with Gasteiger partial charge in [0.15, 0.2) is 0 Å². The van der Waals surface area contributed by atoms with Gasteiger partial charge in [-0.25, -0.2) is 8.42 Å². The van der Waals surface area contributed by atoms with E-state index >= 15 is 0 Å². The van der Waals surface area contributed by atoms with Gasteiger partial charge >= 0.3 is 0 Å². The summed E-state index contributed by atoms with van der Waals surface area (Å²) in [5, 5.41) is 0. The fraction of sp³-hybridized carbons (Fsp3) is 0.667. The summed E-state index contributed by atoms with van der Waals surface area (Å²) in [5.41, 5.74) is 4.80. The lowest BCUT2D eigenvalue weighted by atomic mass is 10.7. The minimum absolute atomic E-state index is 0. The number of amides is 1. The quantitative estimate of drug-likeness (QED) is 0.549. The molecule has 10 heavy (non-hydrogen) atoms. The molecule has 0 rings (SSSR count). The maximum atomic E-state index is 10.2.